The highest BCUT2D eigenvalue weighted by atomic mass is 16.2. The summed E-state index contributed by atoms with van der Waals surface area (Å²) in [5.41, 5.74) is 1.44. The molecule has 0 aromatic rings. The number of amides is 2. The van der Waals surface area contributed by atoms with Crippen LogP contribution in [-0.4, -0.2) is 36.3 Å². The molecule has 1 aliphatic rings. The van der Waals surface area contributed by atoms with E-state index in [2.05, 4.69) is 11.4 Å². The quantitative estimate of drug-likeness (QED) is 0.719. The van der Waals surface area contributed by atoms with E-state index in [1.807, 2.05) is 6.92 Å². The molecule has 0 fully saturated rings. The molecule has 0 heterocycles. The predicted octanol–water partition coefficient (Wildman–Crippen LogP) is 2.25. The molecule has 108 valence electrons. The van der Waals surface area contributed by atoms with Crippen LogP contribution in [0.25, 0.3) is 0 Å². The number of allylic oxidation sites excluding steroid dienone is 1. The van der Waals surface area contributed by atoms with Crippen LogP contribution in [0.1, 0.15) is 52.4 Å². The minimum absolute atomic E-state index is 0.0249. The molecule has 0 aromatic carbocycles. The van der Waals surface area contributed by atoms with Gasteiger partial charge in [0.05, 0.1) is 6.54 Å². The average molecular weight is 266 g/mol. The molecule has 0 bridgehead atoms. The molecular weight excluding hydrogens is 240 g/mol. The first-order valence-electron chi connectivity index (χ1n) is 7.33. The summed E-state index contributed by atoms with van der Waals surface area (Å²) in [6.07, 6.45) is 8.95. The molecular formula is C15H26N2O2. The number of carbonyl (C=O) groups excluding carboxylic acids is 2. The fourth-order valence-corrected chi connectivity index (χ4v) is 2.25. The molecule has 19 heavy (non-hydrogen) atoms. The van der Waals surface area contributed by atoms with Crippen molar-refractivity contribution in [3.05, 3.63) is 11.6 Å². The zero-order valence-corrected chi connectivity index (χ0v) is 12.2. The Hall–Kier alpha value is -1.32. The molecule has 4 heteroatoms. The highest BCUT2D eigenvalue weighted by Gasteiger charge is 2.14. The predicted molar refractivity (Wildman–Crippen MR) is 76.7 cm³/mol. The summed E-state index contributed by atoms with van der Waals surface area (Å²) in [5.74, 6) is -0.0854. The molecule has 4 nitrogen and oxygen atoms in total. The van der Waals surface area contributed by atoms with E-state index in [4.69, 9.17) is 0 Å². The van der Waals surface area contributed by atoms with Gasteiger partial charge in [-0.1, -0.05) is 18.6 Å². The average Bonchev–Trinajstić information content (AvgIpc) is 2.42. The second kappa shape index (κ2) is 8.73. The van der Waals surface area contributed by atoms with Crippen LogP contribution in [0.15, 0.2) is 11.6 Å². The molecule has 2 amide bonds. The van der Waals surface area contributed by atoms with Crippen molar-refractivity contribution in [2.45, 2.75) is 52.4 Å². The van der Waals surface area contributed by atoms with Crippen LogP contribution in [0.2, 0.25) is 0 Å². The van der Waals surface area contributed by atoms with Crippen LogP contribution in [0, 0.1) is 0 Å². The lowest BCUT2D eigenvalue weighted by atomic mass is 9.97. The van der Waals surface area contributed by atoms with Crippen molar-refractivity contribution in [2.75, 3.05) is 19.6 Å². The van der Waals surface area contributed by atoms with Gasteiger partial charge in [0.25, 0.3) is 0 Å². The molecule has 1 N–H and O–H groups in total. The maximum absolute atomic E-state index is 11.6. The van der Waals surface area contributed by atoms with E-state index in [1.54, 1.807) is 4.90 Å². The molecule has 0 aromatic heterocycles. The lowest BCUT2D eigenvalue weighted by Gasteiger charge is -2.22. The number of hydrogen-bond acceptors (Lipinski definition) is 2. The SMILES string of the molecule is CCCNC(=O)CN(CCC1=CCCCC1)C(C)=O. The van der Waals surface area contributed by atoms with Gasteiger partial charge in [-0.05, 0) is 38.5 Å². The van der Waals surface area contributed by atoms with Gasteiger partial charge in [-0.25, -0.2) is 0 Å². The lowest BCUT2D eigenvalue weighted by molar-refractivity contribution is -0.134. The first-order valence-corrected chi connectivity index (χ1v) is 7.33. The molecule has 1 aliphatic carbocycles. The molecule has 0 atom stereocenters. The van der Waals surface area contributed by atoms with Gasteiger partial charge in [0.15, 0.2) is 0 Å². The Morgan fingerprint density at radius 1 is 1.37 bits per heavy atom. The van der Waals surface area contributed by atoms with Crippen LogP contribution < -0.4 is 5.32 Å². The minimum atomic E-state index is -0.0605. The third-order valence-electron chi connectivity index (χ3n) is 3.44. The molecule has 0 saturated carbocycles. The maximum Gasteiger partial charge on any atom is 0.239 e. The summed E-state index contributed by atoms with van der Waals surface area (Å²) in [7, 11) is 0. The lowest BCUT2D eigenvalue weighted by Crippen LogP contribution is -2.40. The molecule has 0 unspecified atom stereocenters. The topological polar surface area (TPSA) is 49.4 Å². The second-order valence-corrected chi connectivity index (χ2v) is 5.15. The fourth-order valence-electron chi connectivity index (χ4n) is 2.25. The normalized spacial score (nSPS) is 14.7. The summed E-state index contributed by atoms with van der Waals surface area (Å²) < 4.78 is 0. The van der Waals surface area contributed by atoms with Crippen LogP contribution in [0.3, 0.4) is 0 Å². The molecule has 0 aliphatic heterocycles. The van der Waals surface area contributed by atoms with E-state index < -0.39 is 0 Å². The summed E-state index contributed by atoms with van der Waals surface area (Å²) in [6.45, 7) is 5.06. The van der Waals surface area contributed by atoms with E-state index in [0.29, 0.717) is 13.1 Å². The third-order valence-corrected chi connectivity index (χ3v) is 3.44. The van der Waals surface area contributed by atoms with E-state index in [9.17, 15) is 9.59 Å². The first kappa shape index (κ1) is 15.7. The number of carbonyl (C=O) groups is 2. The third kappa shape index (κ3) is 6.41. The van der Waals surface area contributed by atoms with Crippen molar-refractivity contribution in [1.82, 2.24) is 10.2 Å². The Bertz CT molecular complexity index is 337. The van der Waals surface area contributed by atoms with Crippen molar-refractivity contribution in [1.29, 1.82) is 0 Å². The molecule has 0 spiro atoms. The van der Waals surface area contributed by atoms with E-state index in [1.165, 1.54) is 25.3 Å². The van der Waals surface area contributed by atoms with Crippen LogP contribution in [-0.2, 0) is 9.59 Å². The molecule has 0 radical (unpaired) electrons. The van der Waals surface area contributed by atoms with Gasteiger partial charge in [-0.2, -0.15) is 0 Å². The van der Waals surface area contributed by atoms with Gasteiger partial charge < -0.3 is 10.2 Å². The molecule has 0 saturated heterocycles. The highest BCUT2D eigenvalue weighted by Crippen LogP contribution is 2.20. The van der Waals surface area contributed by atoms with Crippen molar-refractivity contribution in [2.24, 2.45) is 0 Å². The zero-order chi connectivity index (χ0) is 14.1. The first-order chi connectivity index (χ1) is 9.13. The van der Waals surface area contributed by atoms with Gasteiger partial charge in [-0.3, -0.25) is 9.59 Å². The van der Waals surface area contributed by atoms with Crippen molar-refractivity contribution < 1.29 is 9.59 Å². The van der Waals surface area contributed by atoms with Gasteiger partial charge in [-0.15, -0.1) is 0 Å². The van der Waals surface area contributed by atoms with Crippen LogP contribution >= 0.6 is 0 Å². The number of hydrogen-bond donors (Lipinski definition) is 1. The summed E-state index contributed by atoms with van der Waals surface area (Å²) in [6, 6.07) is 0. The monoisotopic (exact) mass is 266 g/mol. The maximum atomic E-state index is 11.6. The number of nitrogens with one attached hydrogen (secondary N) is 1. The van der Waals surface area contributed by atoms with Gasteiger partial charge in [0.1, 0.15) is 0 Å². The standard InChI is InChI=1S/C15H26N2O2/c1-3-10-16-15(19)12-17(13(2)18)11-9-14-7-5-4-6-8-14/h7H,3-6,8-12H2,1-2H3,(H,16,19). The smallest absolute Gasteiger partial charge is 0.239 e. The highest BCUT2D eigenvalue weighted by molar-refractivity contribution is 5.83. The van der Waals surface area contributed by atoms with Gasteiger partial charge >= 0.3 is 0 Å². The van der Waals surface area contributed by atoms with Crippen LogP contribution in [0.5, 0.6) is 0 Å². The van der Waals surface area contributed by atoms with E-state index in [0.717, 1.165) is 25.7 Å². The minimum Gasteiger partial charge on any atom is -0.355 e. The van der Waals surface area contributed by atoms with Crippen molar-refractivity contribution >= 4 is 11.8 Å². The number of nitrogens with zero attached hydrogens (tertiary/aromatic N) is 1. The van der Waals surface area contributed by atoms with E-state index in [-0.39, 0.29) is 18.4 Å². The van der Waals surface area contributed by atoms with Gasteiger partial charge in [0, 0.05) is 20.0 Å². The largest absolute Gasteiger partial charge is 0.355 e. The number of rotatable bonds is 7. The van der Waals surface area contributed by atoms with Crippen LogP contribution in [0.4, 0.5) is 0 Å². The Morgan fingerprint density at radius 3 is 2.74 bits per heavy atom. The van der Waals surface area contributed by atoms with Gasteiger partial charge in [0.2, 0.25) is 11.8 Å². The Kier molecular flexibility index (Phi) is 7.23. The summed E-state index contributed by atoms with van der Waals surface area (Å²) in [5, 5.41) is 2.81. The summed E-state index contributed by atoms with van der Waals surface area (Å²) >= 11 is 0. The van der Waals surface area contributed by atoms with E-state index >= 15 is 0 Å². The van der Waals surface area contributed by atoms with Crippen molar-refractivity contribution in [3.8, 4) is 0 Å². The fraction of sp³-hybridized carbons (Fsp3) is 0.733. The second-order valence-electron chi connectivity index (χ2n) is 5.15. The zero-order valence-electron chi connectivity index (χ0n) is 12.2. The Labute approximate surface area is 116 Å². The Balaban J connectivity index is 2.37. The van der Waals surface area contributed by atoms with Crippen molar-refractivity contribution in [3.63, 3.8) is 0 Å². The summed E-state index contributed by atoms with van der Waals surface area (Å²) in [4.78, 5) is 24.8. The molecule has 1 rings (SSSR count). The Morgan fingerprint density at radius 2 is 2.16 bits per heavy atom.